The van der Waals surface area contributed by atoms with Crippen LogP contribution in [0.2, 0.25) is 0 Å². The van der Waals surface area contributed by atoms with Crippen LogP contribution in [-0.4, -0.2) is 54.7 Å². The number of amides is 4. The van der Waals surface area contributed by atoms with Crippen molar-refractivity contribution in [1.82, 2.24) is 10.2 Å². The highest BCUT2D eigenvalue weighted by atomic mass is 16.2. The van der Waals surface area contributed by atoms with Gasteiger partial charge in [0, 0.05) is 44.7 Å². The zero-order valence-corrected chi connectivity index (χ0v) is 15.8. The predicted molar refractivity (Wildman–Crippen MR) is 103 cm³/mol. The third-order valence-corrected chi connectivity index (χ3v) is 5.58. The average molecular weight is 384 g/mol. The molecule has 1 saturated heterocycles. The molecule has 4 amide bonds. The Hall–Kier alpha value is -2.90. The van der Waals surface area contributed by atoms with E-state index >= 15 is 0 Å². The number of nitrogens with zero attached hydrogens (tertiary/aromatic N) is 2. The maximum absolute atomic E-state index is 12.2. The van der Waals surface area contributed by atoms with Crippen molar-refractivity contribution in [3.05, 3.63) is 23.3 Å². The maximum Gasteiger partial charge on any atom is 0.313 e. The quantitative estimate of drug-likeness (QED) is 0.573. The molecule has 0 radical (unpaired) electrons. The van der Waals surface area contributed by atoms with Gasteiger partial charge in [0.15, 0.2) is 0 Å². The molecular formula is C20H24N4O4. The molecule has 28 heavy (non-hydrogen) atoms. The minimum absolute atomic E-state index is 0.151. The second-order valence-electron chi connectivity index (χ2n) is 7.49. The highest BCUT2D eigenvalue weighted by molar-refractivity contribution is 6.39. The van der Waals surface area contributed by atoms with Gasteiger partial charge in [-0.15, -0.1) is 0 Å². The predicted octanol–water partition coefficient (Wildman–Crippen LogP) is 0.589. The molecule has 3 aliphatic heterocycles. The lowest BCUT2D eigenvalue weighted by molar-refractivity contribution is -0.136. The Bertz CT molecular complexity index is 851. The van der Waals surface area contributed by atoms with Gasteiger partial charge in [0.05, 0.1) is 5.69 Å². The van der Waals surface area contributed by atoms with Gasteiger partial charge in [-0.05, 0) is 48.9 Å². The summed E-state index contributed by atoms with van der Waals surface area (Å²) in [5, 5.41) is 5.27. The molecule has 8 heteroatoms. The van der Waals surface area contributed by atoms with Crippen molar-refractivity contribution < 1.29 is 19.2 Å². The normalized spacial score (nSPS) is 17.7. The molecule has 0 saturated carbocycles. The topological polar surface area (TPSA) is 98.8 Å². The maximum atomic E-state index is 12.2. The van der Waals surface area contributed by atoms with Crippen molar-refractivity contribution in [2.24, 2.45) is 0 Å². The smallest absolute Gasteiger partial charge is 0.313 e. The van der Waals surface area contributed by atoms with Crippen LogP contribution < -0.4 is 15.5 Å². The summed E-state index contributed by atoms with van der Waals surface area (Å²) < 4.78 is 0. The zero-order valence-electron chi connectivity index (χ0n) is 15.8. The van der Waals surface area contributed by atoms with Gasteiger partial charge in [-0.3, -0.25) is 19.2 Å². The number of anilines is 2. The van der Waals surface area contributed by atoms with Gasteiger partial charge in [-0.2, -0.15) is 0 Å². The molecule has 1 aromatic rings. The first kappa shape index (κ1) is 18.5. The van der Waals surface area contributed by atoms with E-state index < -0.39 is 11.8 Å². The Morgan fingerprint density at radius 2 is 1.71 bits per heavy atom. The molecule has 0 bridgehead atoms. The van der Waals surface area contributed by atoms with Crippen LogP contribution in [0.25, 0.3) is 0 Å². The van der Waals surface area contributed by atoms with Gasteiger partial charge >= 0.3 is 11.8 Å². The third kappa shape index (κ3) is 3.58. The molecule has 0 unspecified atom stereocenters. The van der Waals surface area contributed by atoms with E-state index in [9.17, 15) is 19.2 Å². The van der Waals surface area contributed by atoms with E-state index in [0.29, 0.717) is 51.0 Å². The number of aryl methyl sites for hydroxylation is 1. The molecule has 0 aromatic heterocycles. The second-order valence-corrected chi connectivity index (χ2v) is 7.49. The van der Waals surface area contributed by atoms with Gasteiger partial charge in [-0.25, -0.2) is 0 Å². The van der Waals surface area contributed by atoms with Gasteiger partial charge in [-0.1, -0.05) is 0 Å². The number of nitrogens with one attached hydrogen (secondary N) is 2. The van der Waals surface area contributed by atoms with Crippen molar-refractivity contribution in [2.75, 3.05) is 36.4 Å². The Balaban J connectivity index is 1.29. The first-order valence-electron chi connectivity index (χ1n) is 9.86. The number of carbonyl (C=O) groups excluding carboxylic acids is 4. The van der Waals surface area contributed by atoms with Gasteiger partial charge in [0.1, 0.15) is 0 Å². The molecule has 148 valence electrons. The van der Waals surface area contributed by atoms with Gasteiger partial charge < -0.3 is 20.4 Å². The Kier molecular flexibility index (Phi) is 5.02. The molecular weight excluding hydrogens is 360 g/mol. The lowest BCUT2D eigenvalue weighted by Crippen LogP contribution is -2.37. The van der Waals surface area contributed by atoms with Crippen LogP contribution in [0.4, 0.5) is 11.4 Å². The molecule has 3 aliphatic rings. The number of hydrogen-bond acceptors (Lipinski definition) is 4. The first-order valence-corrected chi connectivity index (χ1v) is 9.86. The fraction of sp³-hybridized carbons (Fsp3) is 0.500. The summed E-state index contributed by atoms with van der Waals surface area (Å²) >= 11 is 0. The van der Waals surface area contributed by atoms with Crippen LogP contribution in [0.15, 0.2) is 12.1 Å². The van der Waals surface area contributed by atoms with E-state index in [4.69, 9.17) is 0 Å². The van der Waals surface area contributed by atoms with E-state index in [-0.39, 0.29) is 11.8 Å². The Morgan fingerprint density at radius 3 is 2.46 bits per heavy atom. The van der Waals surface area contributed by atoms with Crippen LogP contribution in [0.3, 0.4) is 0 Å². The standard InChI is InChI=1S/C20H24N4O4/c25-16-3-1-8-23(16)9-2-7-21-19(27)20(28)22-15-11-13-4-5-17(26)24-10-6-14(12-15)18(13)24/h11-12H,1-10H2,(H,21,27)(H,22,28). The molecule has 2 N–H and O–H groups in total. The van der Waals surface area contributed by atoms with Gasteiger partial charge in [0.2, 0.25) is 11.8 Å². The second kappa shape index (κ2) is 7.61. The lowest BCUT2D eigenvalue weighted by Gasteiger charge is -2.25. The lowest BCUT2D eigenvalue weighted by atomic mass is 9.98. The number of likely N-dealkylation sites (tertiary alicyclic amines) is 1. The summed E-state index contributed by atoms with van der Waals surface area (Å²) in [5.41, 5.74) is 3.65. The van der Waals surface area contributed by atoms with E-state index in [0.717, 1.165) is 36.2 Å². The van der Waals surface area contributed by atoms with Crippen molar-refractivity contribution in [3.63, 3.8) is 0 Å². The number of hydrogen-bond donors (Lipinski definition) is 2. The Morgan fingerprint density at radius 1 is 0.929 bits per heavy atom. The van der Waals surface area contributed by atoms with Crippen molar-refractivity contribution in [3.8, 4) is 0 Å². The number of benzene rings is 1. The van der Waals surface area contributed by atoms with Crippen LogP contribution in [0.1, 0.15) is 36.8 Å². The van der Waals surface area contributed by atoms with Crippen molar-refractivity contribution in [2.45, 2.75) is 38.5 Å². The minimum atomic E-state index is -0.703. The van der Waals surface area contributed by atoms with Crippen LogP contribution in [0, 0.1) is 0 Å². The fourth-order valence-electron chi connectivity index (χ4n) is 4.21. The van der Waals surface area contributed by atoms with E-state index in [1.807, 2.05) is 17.0 Å². The van der Waals surface area contributed by atoms with Crippen LogP contribution >= 0.6 is 0 Å². The average Bonchev–Trinajstić information content (AvgIpc) is 3.29. The van der Waals surface area contributed by atoms with Crippen molar-refractivity contribution in [1.29, 1.82) is 0 Å². The zero-order chi connectivity index (χ0) is 19.7. The van der Waals surface area contributed by atoms with Crippen LogP contribution in [0.5, 0.6) is 0 Å². The summed E-state index contributed by atoms with van der Waals surface area (Å²) in [6.07, 6.45) is 4.01. The molecule has 4 rings (SSSR count). The van der Waals surface area contributed by atoms with E-state index in [1.165, 1.54) is 0 Å². The molecule has 3 heterocycles. The molecule has 1 fully saturated rings. The molecule has 0 aliphatic carbocycles. The van der Waals surface area contributed by atoms with E-state index in [1.54, 1.807) is 4.90 Å². The highest BCUT2D eigenvalue weighted by Gasteiger charge is 2.31. The molecule has 8 nitrogen and oxygen atoms in total. The summed E-state index contributed by atoms with van der Waals surface area (Å²) in [6, 6.07) is 3.70. The monoisotopic (exact) mass is 384 g/mol. The van der Waals surface area contributed by atoms with E-state index in [2.05, 4.69) is 10.6 Å². The number of carbonyl (C=O) groups is 4. The molecule has 0 spiro atoms. The Labute approximate surface area is 163 Å². The molecule has 0 atom stereocenters. The first-order chi connectivity index (χ1) is 13.5. The fourth-order valence-corrected chi connectivity index (χ4v) is 4.21. The summed E-state index contributed by atoms with van der Waals surface area (Å²) in [4.78, 5) is 51.4. The van der Waals surface area contributed by atoms with Gasteiger partial charge in [0.25, 0.3) is 0 Å². The third-order valence-electron chi connectivity index (χ3n) is 5.58. The minimum Gasteiger partial charge on any atom is -0.348 e. The van der Waals surface area contributed by atoms with Crippen molar-refractivity contribution >= 4 is 35.0 Å². The SMILES string of the molecule is O=C(NCCCN1CCCC1=O)C(=O)Nc1cc2c3c(c1)CCN3C(=O)CC2. The summed E-state index contributed by atoms with van der Waals surface area (Å²) in [7, 11) is 0. The highest BCUT2D eigenvalue weighted by Crippen LogP contribution is 2.38. The summed E-state index contributed by atoms with van der Waals surface area (Å²) in [6.45, 7) is 2.40. The number of rotatable bonds is 5. The van der Waals surface area contributed by atoms with Crippen LogP contribution in [-0.2, 0) is 32.0 Å². The summed E-state index contributed by atoms with van der Waals surface area (Å²) in [5.74, 6) is -1.08. The molecule has 1 aromatic carbocycles. The largest absolute Gasteiger partial charge is 0.348 e.